The summed E-state index contributed by atoms with van der Waals surface area (Å²) < 4.78 is 5.82. The lowest BCUT2D eigenvalue weighted by molar-refractivity contribution is -0.143. The van der Waals surface area contributed by atoms with Crippen LogP contribution in [0.15, 0.2) is 48.5 Å². The Bertz CT molecular complexity index is 904. The van der Waals surface area contributed by atoms with Gasteiger partial charge in [-0.3, -0.25) is 9.59 Å². The molecule has 1 fully saturated rings. The molecule has 0 heterocycles. The van der Waals surface area contributed by atoms with Crippen molar-refractivity contribution in [3.05, 3.63) is 65.2 Å². The molecular formula is C28H38N2O3. The predicted molar refractivity (Wildman–Crippen MR) is 132 cm³/mol. The van der Waals surface area contributed by atoms with Gasteiger partial charge in [0.15, 0.2) is 6.61 Å². The van der Waals surface area contributed by atoms with Crippen LogP contribution in [-0.4, -0.2) is 35.4 Å². The van der Waals surface area contributed by atoms with Crippen LogP contribution in [-0.2, 0) is 22.6 Å². The van der Waals surface area contributed by atoms with E-state index in [0.717, 1.165) is 43.2 Å². The molecule has 3 rings (SSSR count). The van der Waals surface area contributed by atoms with Crippen molar-refractivity contribution in [3.63, 3.8) is 0 Å². The zero-order valence-corrected chi connectivity index (χ0v) is 20.3. The molecule has 33 heavy (non-hydrogen) atoms. The van der Waals surface area contributed by atoms with Crippen molar-refractivity contribution in [2.24, 2.45) is 0 Å². The molecule has 2 amide bonds. The van der Waals surface area contributed by atoms with Crippen LogP contribution in [0, 0.1) is 6.92 Å². The topological polar surface area (TPSA) is 58.6 Å². The first-order valence-corrected chi connectivity index (χ1v) is 12.4. The average Bonchev–Trinajstić information content (AvgIpc) is 2.84. The van der Waals surface area contributed by atoms with Gasteiger partial charge in [0.1, 0.15) is 11.8 Å². The minimum absolute atomic E-state index is 0.0568. The molecule has 0 aliphatic heterocycles. The average molecular weight is 451 g/mol. The Hall–Kier alpha value is -2.82. The molecule has 178 valence electrons. The Kier molecular flexibility index (Phi) is 9.35. The normalized spacial score (nSPS) is 15.0. The summed E-state index contributed by atoms with van der Waals surface area (Å²) >= 11 is 0. The lowest BCUT2D eigenvalue weighted by Crippen LogP contribution is -2.52. The highest BCUT2D eigenvalue weighted by Gasteiger charge is 2.30. The number of nitrogens with one attached hydrogen (secondary N) is 1. The van der Waals surface area contributed by atoms with Crippen LogP contribution in [0.1, 0.15) is 69.1 Å². The zero-order valence-electron chi connectivity index (χ0n) is 20.3. The number of amides is 2. The number of benzene rings is 2. The number of hydrogen-bond donors (Lipinski definition) is 1. The highest BCUT2D eigenvalue weighted by Crippen LogP contribution is 2.20. The fourth-order valence-corrected chi connectivity index (χ4v) is 4.48. The van der Waals surface area contributed by atoms with E-state index in [2.05, 4.69) is 12.2 Å². The molecule has 0 spiro atoms. The number of carbonyl (C=O) groups excluding carboxylic acids is 2. The quantitative estimate of drug-likeness (QED) is 0.542. The van der Waals surface area contributed by atoms with E-state index in [1.54, 1.807) is 4.90 Å². The van der Waals surface area contributed by atoms with Gasteiger partial charge in [-0.2, -0.15) is 0 Å². The van der Waals surface area contributed by atoms with Gasteiger partial charge in [-0.15, -0.1) is 0 Å². The first-order chi connectivity index (χ1) is 16.0. The van der Waals surface area contributed by atoms with Crippen molar-refractivity contribution in [2.75, 3.05) is 6.61 Å². The third-order valence-corrected chi connectivity index (χ3v) is 6.63. The standard InChI is InChI=1S/C28H38N2O3/c1-4-22-15-17-25(18-16-22)33-20-27(31)30(19-23-12-10-9-11-21(23)3)26(5-2)28(32)29-24-13-7-6-8-14-24/h9-12,15-18,24,26H,4-8,13-14,19-20H2,1-3H3,(H,29,32). The maximum Gasteiger partial charge on any atom is 0.261 e. The molecule has 2 aromatic rings. The van der Waals surface area contributed by atoms with Crippen molar-refractivity contribution >= 4 is 11.8 Å². The minimum atomic E-state index is -0.523. The van der Waals surface area contributed by atoms with Crippen LogP contribution < -0.4 is 10.1 Å². The van der Waals surface area contributed by atoms with Crippen LogP contribution in [0.2, 0.25) is 0 Å². The molecule has 1 unspecified atom stereocenters. The summed E-state index contributed by atoms with van der Waals surface area (Å²) in [6.07, 6.45) is 7.09. The molecule has 5 nitrogen and oxygen atoms in total. The molecular weight excluding hydrogens is 412 g/mol. The van der Waals surface area contributed by atoms with Gasteiger partial charge in [0.2, 0.25) is 5.91 Å². The van der Waals surface area contributed by atoms with Gasteiger partial charge in [0.05, 0.1) is 0 Å². The number of aryl methyl sites for hydroxylation is 2. The molecule has 5 heteroatoms. The summed E-state index contributed by atoms with van der Waals surface area (Å²) in [6, 6.07) is 15.5. The van der Waals surface area contributed by atoms with Crippen LogP contribution in [0.3, 0.4) is 0 Å². The number of carbonyl (C=O) groups is 2. The largest absolute Gasteiger partial charge is 0.484 e. The van der Waals surface area contributed by atoms with Crippen molar-refractivity contribution in [1.29, 1.82) is 0 Å². The van der Waals surface area contributed by atoms with Crippen LogP contribution in [0.4, 0.5) is 0 Å². The van der Waals surface area contributed by atoms with Crippen molar-refractivity contribution < 1.29 is 14.3 Å². The van der Waals surface area contributed by atoms with Crippen molar-refractivity contribution in [3.8, 4) is 5.75 Å². The van der Waals surface area contributed by atoms with E-state index in [1.807, 2.05) is 62.4 Å². The maximum absolute atomic E-state index is 13.4. The minimum Gasteiger partial charge on any atom is -0.484 e. The molecule has 1 N–H and O–H groups in total. The Morgan fingerprint density at radius 3 is 2.36 bits per heavy atom. The fourth-order valence-electron chi connectivity index (χ4n) is 4.48. The second-order valence-corrected chi connectivity index (χ2v) is 9.00. The van der Waals surface area contributed by atoms with Gasteiger partial charge in [0.25, 0.3) is 5.91 Å². The maximum atomic E-state index is 13.4. The van der Waals surface area contributed by atoms with Crippen LogP contribution >= 0.6 is 0 Å². The van der Waals surface area contributed by atoms with E-state index in [1.165, 1.54) is 12.0 Å². The number of nitrogens with zero attached hydrogens (tertiary/aromatic N) is 1. The van der Waals surface area contributed by atoms with E-state index < -0.39 is 6.04 Å². The third-order valence-electron chi connectivity index (χ3n) is 6.63. The zero-order chi connectivity index (χ0) is 23.6. The molecule has 1 aliphatic rings. The monoisotopic (exact) mass is 450 g/mol. The molecule has 0 bridgehead atoms. The Labute approximate surface area is 198 Å². The summed E-state index contributed by atoms with van der Waals surface area (Å²) in [7, 11) is 0. The number of hydrogen-bond acceptors (Lipinski definition) is 3. The first-order valence-electron chi connectivity index (χ1n) is 12.4. The lowest BCUT2D eigenvalue weighted by Gasteiger charge is -2.33. The summed E-state index contributed by atoms with van der Waals surface area (Å²) in [5.74, 6) is 0.429. The second kappa shape index (κ2) is 12.4. The Morgan fingerprint density at radius 1 is 1.03 bits per heavy atom. The molecule has 1 saturated carbocycles. The molecule has 0 saturated heterocycles. The molecule has 2 aromatic carbocycles. The summed E-state index contributed by atoms with van der Waals surface area (Å²) in [6.45, 7) is 6.40. The Balaban J connectivity index is 1.74. The van der Waals surface area contributed by atoms with Gasteiger partial charge in [-0.05, 0) is 61.4 Å². The van der Waals surface area contributed by atoms with E-state index in [4.69, 9.17) is 4.74 Å². The molecule has 1 atom stereocenters. The van der Waals surface area contributed by atoms with Gasteiger partial charge in [0, 0.05) is 12.6 Å². The second-order valence-electron chi connectivity index (χ2n) is 9.00. The number of rotatable bonds is 10. The van der Waals surface area contributed by atoms with E-state index in [9.17, 15) is 9.59 Å². The fraction of sp³-hybridized carbons (Fsp3) is 0.500. The van der Waals surface area contributed by atoms with Crippen LogP contribution in [0.5, 0.6) is 5.75 Å². The highest BCUT2D eigenvalue weighted by atomic mass is 16.5. The van der Waals surface area contributed by atoms with Gasteiger partial charge < -0.3 is 15.0 Å². The highest BCUT2D eigenvalue weighted by molar-refractivity contribution is 5.88. The van der Waals surface area contributed by atoms with Crippen molar-refractivity contribution in [1.82, 2.24) is 10.2 Å². The molecule has 0 aromatic heterocycles. The molecule has 0 radical (unpaired) electrons. The van der Waals surface area contributed by atoms with E-state index in [0.29, 0.717) is 18.7 Å². The third kappa shape index (κ3) is 7.08. The van der Waals surface area contributed by atoms with Gasteiger partial charge in [-0.25, -0.2) is 0 Å². The SMILES string of the molecule is CCc1ccc(OCC(=O)N(Cc2ccccc2C)C(CC)C(=O)NC2CCCCC2)cc1. The van der Waals surface area contributed by atoms with Gasteiger partial charge >= 0.3 is 0 Å². The lowest BCUT2D eigenvalue weighted by atomic mass is 9.95. The van der Waals surface area contributed by atoms with Crippen molar-refractivity contribution in [2.45, 2.75) is 84.3 Å². The number of ether oxygens (including phenoxy) is 1. The first kappa shape index (κ1) is 24.8. The smallest absolute Gasteiger partial charge is 0.261 e. The van der Waals surface area contributed by atoms with Crippen LogP contribution in [0.25, 0.3) is 0 Å². The summed E-state index contributed by atoms with van der Waals surface area (Å²) in [5.41, 5.74) is 3.37. The summed E-state index contributed by atoms with van der Waals surface area (Å²) in [5, 5.41) is 3.22. The van der Waals surface area contributed by atoms with Gasteiger partial charge in [-0.1, -0.05) is 69.5 Å². The predicted octanol–water partition coefficient (Wildman–Crippen LogP) is 5.19. The summed E-state index contributed by atoms with van der Waals surface area (Å²) in [4.78, 5) is 28.3. The Morgan fingerprint density at radius 2 is 1.73 bits per heavy atom. The van der Waals surface area contributed by atoms with E-state index >= 15 is 0 Å². The molecule has 1 aliphatic carbocycles. The van der Waals surface area contributed by atoms with E-state index in [-0.39, 0.29) is 24.5 Å².